The zero-order chi connectivity index (χ0) is 14.6. The van der Waals surface area contributed by atoms with Crippen LogP contribution >= 0.6 is 23.2 Å². The Morgan fingerprint density at radius 3 is 2.68 bits per heavy atom. The largest absolute Gasteiger partial charge is 0.380 e. The van der Waals surface area contributed by atoms with Gasteiger partial charge in [-0.3, -0.25) is 14.9 Å². The molecule has 0 spiro atoms. The minimum absolute atomic E-state index is 0.0409. The van der Waals surface area contributed by atoms with Crippen molar-refractivity contribution >= 4 is 34.8 Å². The Hall–Kier alpha value is -1.37. The molecule has 0 aliphatic heterocycles. The van der Waals surface area contributed by atoms with E-state index in [2.05, 4.69) is 5.32 Å². The summed E-state index contributed by atoms with van der Waals surface area (Å²) in [5.41, 5.74) is -0.330. The number of nitrogens with zero attached hydrogens (tertiary/aromatic N) is 1. The molecule has 1 N–H and O–H groups in total. The topological polar surface area (TPSA) is 81.5 Å². The van der Waals surface area contributed by atoms with Gasteiger partial charge in [0.25, 0.3) is 11.6 Å². The first-order valence-electron chi connectivity index (χ1n) is 5.31. The van der Waals surface area contributed by atoms with Crippen molar-refractivity contribution in [2.24, 2.45) is 0 Å². The van der Waals surface area contributed by atoms with E-state index in [0.29, 0.717) is 0 Å². The highest BCUT2D eigenvalue weighted by Gasteiger charge is 2.20. The quantitative estimate of drug-likeness (QED) is 0.670. The van der Waals surface area contributed by atoms with Crippen LogP contribution in [0.5, 0.6) is 0 Å². The summed E-state index contributed by atoms with van der Waals surface area (Å²) in [6.07, 6.45) is -0.165. The molecule has 0 aliphatic rings. The number of nitro benzene ring substituents is 1. The van der Waals surface area contributed by atoms with Gasteiger partial charge < -0.3 is 10.1 Å². The molecule has 0 aromatic heterocycles. The lowest BCUT2D eigenvalue weighted by molar-refractivity contribution is -0.384. The summed E-state index contributed by atoms with van der Waals surface area (Å²) in [7, 11) is 1.51. The summed E-state index contributed by atoms with van der Waals surface area (Å²) in [4.78, 5) is 21.9. The summed E-state index contributed by atoms with van der Waals surface area (Å²) < 4.78 is 4.97. The predicted molar refractivity (Wildman–Crippen MR) is 71.9 cm³/mol. The first-order valence-corrected chi connectivity index (χ1v) is 6.06. The van der Waals surface area contributed by atoms with Gasteiger partial charge in [-0.2, -0.15) is 0 Å². The molecule has 0 aliphatic carbocycles. The number of carbonyl (C=O) groups is 1. The number of benzene rings is 1. The van der Waals surface area contributed by atoms with Crippen LogP contribution in [0.25, 0.3) is 0 Å². The van der Waals surface area contributed by atoms with Crippen LogP contribution in [0, 0.1) is 10.1 Å². The highest BCUT2D eigenvalue weighted by Crippen LogP contribution is 2.32. The summed E-state index contributed by atoms with van der Waals surface area (Å²) in [5, 5.41) is 13.1. The highest BCUT2D eigenvalue weighted by atomic mass is 35.5. The molecule has 1 unspecified atom stereocenters. The molecule has 1 amide bonds. The molecular formula is C11H12Cl2N2O4. The van der Waals surface area contributed by atoms with Crippen molar-refractivity contribution in [3.05, 3.63) is 37.9 Å². The highest BCUT2D eigenvalue weighted by molar-refractivity contribution is 6.43. The molecular weight excluding hydrogens is 295 g/mol. The van der Waals surface area contributed by atoms with Gasteiger partial charge in [0.1, 0.15) is 5.02 Å². The Morgan fingerprint density at radius 2 is 2.16 bits per heavy atom. The number of hydrogen-bond donors (Lipinski definition) is 1. The summed E-state index contributed by atoms with van der Waals surface area (Å²) in [5.74, 6) is -0.481. The average Bonchev–Trinajstić information content (AvgIpc) is 2.37. The number of halogens is 2. The molecule has 0 saturated carbocycles. The molecule has 0 heterocycles. The lowest BCUT2D eigenvalue weighted by Crippen LogP contribution is -2.31. The maximum atomic E-state index is 11.8. The number of carbonyl (C=O) groups excluding carboxylic acids is 1. The molecule has 0 bridgehead atoms. The van der Waals surface area contributed by atoms with Gasteiger partial charge in [0.2, 0.25) is 0 Å². The first-order chi connectivity index (χ1) is 8.86. The van der Waals surface area contributed by atoms with E-state index in [1.165, 1.54) is 13.2 Å². The fourth-order valence-corrected chi connectivity index (χ4v) is 1.65. The molecule has 1 atom stereocenters. The van der Waals surface area contributed by atoms with E-state index >= 15 is 0 Å². The van der Waals surface area contributed by atoms with Crippen LogP contribution in [0.3, 0.4) is 0 Å². The van der Waals surface area contributed by atoms with Gasteiger partial charge in [-0.05, 0) is 13.0 Å². The standard InChI is InChI=1S/C11H12Cl2N2O4/c1-6(19-2)5-14-11(16)7-3-8(12)10(13)9(4-7)15(17)18/h3-4,6H,5H2,1-2H3,(H,14,16). The molecule has 19 heavy (non-hydrogen) atoms. The molecule has 6 nitrogen and oxygen atoms in total. The molecule has 1 rings (SSSR count). The smallest absolute Gasteiger partial charge is 0.290 e. The zero-order valence-electron chi connectivity index (χ0n) is 10.3. The number of nitro groups is 1. The SMILES string of the molecule is COC(C)CNC(=O)c1cc(Cl)c(Cl)c([N+](=O)[O-])c1. The van der Waals surface area contributed by atoms with Gasteiger partial charge in [-0.25, -0.2) is 0 Å². The van der Waals surface area contributed by atoms with E-state index < -0.39 is 16.5 Å². The second-order valence-electron chi connectivity index (χ2n) is 3.80. The Bertz CT molecular complexity index is 508. The van der Waals surface area contributed by atoms with E-state index in [4.69, 9.17) is 27.9 Å². The third-order valence-corrected chi connectivity index (χ3v) is 3.21. The monoisotopic (exact) mass is 306 g/mol. The van der Waals surface area contributed by atoms with Crippen molar-refractivity contribution < 1.29 is 14.5 Å². The molecule has 0 saturated heterocycles. The first kappa shape index (κ1) is 15.7. The maximum Gasteiger partial charge on any atom is 0.290 e. The van der Waals surface area contributed by atoms with E-state index in [9.17, 15) is 14.9 Å². The van der Waals surface area contributed by atoms with Gasteiger partial charge in [-0.15, -0.1) is 0 Å². The molecule has 104 valence electrons. The van der Waals surface area contributed by atoms with Gasteiger partial charge in [0.15, 0.2) is 0 Å². The second kappa shape index (κ2) is 6.70. The number of methoxy groups -OCH3 is 1. The minimum atomic E-state index is -0.692. The van der Waals surface area contributed by atoms with Crippen LogP contribution < -0.4 is 5.32 Å². The summed E-state index contributed by atoms with van der Waals surface area (Å²) >= 11 is 11.4. The minimum Gasteiger partial charge on any atom is -0.380 e. The lowest BCUT2D eigenvalue weighted by Gasteiger charge is -2.11. The lowest BCUT2D eigenvalue weighted by atomic mass is 10.2. The van der Waals surface area contributed by atoms with Crippen molar-refractivity contribution in [3.8, 4) is 0 Å². The number of nitrogens with one attached hydrogen (secondary N) is 1. The third kappa shape index (κ3) is 4.05. The fourth-order valence-electron chi connectivity index (χ4n) is 1.26. The van der Waals surface area contributed by atoms with Crippen LogP contribution in [-0.4, -0.2) is 30.6 Å². The van der Waals surface area contributed by atoms with Crippen LogP contribution in [0.1, 0.15) is 17.3 Å². The Labute approximate surface area is 119 Å². The normalized spacial score (nSPS) is 12.0. The fraction of sp³-hybridized carbons (Fsp3) is 0.364. The number of ether oxygens (including phenoxy) is 1. The average molecular weight is 307 g/mol. The predicted octanol–water partition coefficient (Wildman–Crippen LogP) is 2.67. The molecule has 8 heteroatoms. The summed E-state index contributed by atoms with van der Waals surface area (Å²) in [6.45, 7) is 2.06. The van der Waals surface area contributed by atoms with E-state index in [-0.39, 0.29) is 28.3 Å². The van der Waals surface area contributed by atoms with Crippen LogP contribution in [0.2, 0.25) is 10.0 Å². The molecule has 1 aromatic rings. The molecule has 0 fully saturated rings. The van der Waals surface area contributed by atoms with E-state index in [1.54, 1.807) is 6.92 Å². The maximum absolute atomic E-state index is 11.8. The van der Waals surface area contributed by atoms with Crippen LogP contribution in [-0.2, 0) is 4.74 Å². The van der Waals surface area contributed by atoms with Crippen molar-refractivity contribution in [1.82, 2.24) is 5.32 Å². The van der Waals surface area contributed by atoms with Crippen molar-refractivity contribution in [2.75, 3.05) is 13.7 Å². The number of amides is 1. The Kier molecular flexibility index (Phi) is 5.53. The number of rotatable bonds is 5. The Morgan fingerprint density at radius 1 is 1.53 bits per heavy atom. The molecule has 1 aromatic carbocycles. The van der Waals surface area contributed by atoms with E-state index in [1.807, 2.05) is 0 Å². The van der Waals surface area contributed by atoms with Gasteiger partial charge >= 0.3 is 0 Å². The van der Waals surface area contributed by atoms with Crippen molar-refractivity contribution in [2.45, 2.75) is 13.0 Å². The van der Waals surface area contributed by atoms with Gasteiger partial charge in [0.05, 0.1) is 16.0 Å². The van der Waals surface area contributed by atoms with Gasteiger partial charge in [0, 0.05) is 25.3 Å². The Balaban J connectivity index is 2.95. The molecule has 0 radical (unpaired) electrons. The van der Waals surface area contributed by atoms with Gasteiger partial charge in [-0.1, -0.05) is 23.2 Å². The number of hydrogen-bond acceptors (Lipinski definition) is 4. The van der Waals surface area contributed by atoms with Crippen LogP contribution in [0.4, 0.5) is 5.69 Å². The van der Waals surface area contributed by atoms with E-state index in [0.717, 1.165) is 6.07 Å². The van der Waals surface area contributed by atoms with Crippen molar-refractivity contribution in [1.29, 1.82) is 0 Å². The third-order valence-electron chi connectivity index (χ3n) is 2.42. The second-order valence-corrected chi connectivity index (χ2v) is 4.59. The zero-order valence-corrected chi connectivity index (χ0v) is 11.8. The summed E-state index contributed by atoms with van der Waals surface area (Å²) in [6, 6.07) is 2.37. The van der Waals surface area contributed by atoms with Crippen LogP contribution in [0.15, 0.2) is 12.1 Å². The van der Waals surface area contributed by atoms with Crippen molar-refractivity contribution in [3.63, 3.8) is 0 Å².